The van der Waals surface area contributed by atoms with Crippen molar-refractivity contribution in [1.29, 1.82) is 0 Å². The summed E-state index contributed by atoms with van der Waals surface area (Å²) in [7, 11) is 0. The lowest BCUT2D eigenvalue weighted by Gasteiger charge is -2.08. The fraction of sp³-hybridized carbons (Fsp3) is 0. The minimum Gasteiger partial charge on any atom is -0.355 e. The zero-order chi connectivity index (χ0) is 11.5. The summed E-state index contributed by atoms with van der Waals surface area (Å²) in [6, 6.07) is 20.3. The van der Waals surface area contributed by atoms with Gasteiger partial charge in [0.05, 0.1) is 5.52 Å². The number of hydrogen-bond acceptors (Lipinski definition) is 2. The quantitative estimate of drug-likeness (QED) is 0.706. The maximum absolute atomic E-state index is 4.34. The van der Waals surface area contributed by atoms with Gasteiger partial charge in [-0.3, -0.25) is 4.98 Å². The zero-order valence-electron chi connectivity index (χ0n) is 9.30. The molecule has 0 aliphatic rings. The van der Waals surface area contributed by atoms with Crippen LogP contribution in [0.4, 0.5) is 11.4 Å². The first-order valence-electron chi connectivity index (χ1n) is 5.59. The monoisotopic (exact) mass is 220 g/mol. The van der Waals surface area contributed by atoms with Gasteiger partial charge in [0.15, 0.2) is 0 Å². The van der Waals surface area contributed by atoms with Gasteiger partial charge in [-0.25, -0.2) is 0 Å². The average molecular weight is 220 g/mol. The molecule has 3 aromatic rings. The standard InChI is InChI=1S/C15H12N2/c1-2-6-12(7-3-1)17-15-10-4-9-14-13(15)8-5-11-16-14/h1-11,17H. The fourth-order valence-corrected chi connectivity index (χ4v) is 1.89. The van der Waals surface area contributed by atoms with E-state index in [2.05, 4.69) is 34.6 Å². The van der Waals surface area contributed by atoms with Crippen molar-refractivity contribution in [1.82, 2.24) is 4.98 Å². The van der Waals surface area contributed by atoms with Gasteiger partial charge >= 0.3 is 0 Å². The molecular formula is C15H12N2. The van der Waals surface area contributed by atoms with Crippen LogP contribution in [0, 0.1) is 0 Å². The summed E-state index contributed by atoms with van der Waals surface area (Å²) in [5.74, 6) is 0. The molecule has 0 bridgehead atoms. The molecule has 1 N–H and O–H groups in total. The lowest BCUT2D eigenvalue weighted by molar-refractivity contribution is 1.41. The second kappa shape index (κ2) is 4.26. The number of nitrogens with one attached hydrogen (secondary N) is 1. The van der Waals surface area contributed by atoms with Crippen LogP contribution in [0.5, 0.6) is 0 Å². The third-order valence-corrected chi connectivity index (χ3v) is 2.70. The summed E-state index contributed by atoms with van der Waals surface area (Å²) in [5, 5.41) is 4.54. The van der Waals surface area contributed by atoms with Gasteiger partial charge in [0, 0.05) is 23.0 Å². The summed E-state index contributed by atoms with van der Waals surface area (Å²) < 4.78 is 0. The van der Waals surface area contributed by atoms with Crippen LogP contribution in [-0.2, 0) is 0 Å². The van der Waals surface area contributed by atoms with Crippen molar-refractivity contribution >= 4 is 22.3 Å². The van der Waals surface area contributed by atoms with Crippen molar-refractivity contribution in [2.75, 3.05) is 5.32 Å². The SMILES string of the molecule is c1ccc(Nc2cccc3ncccc23)cc1. The predicted molar refractivity (Wildman–Crippen MR) is 71.5 cm³/mol. The Hall–Kier alpha value is -2.35. The highest BCUT2D eigenvalue weighted by atomic mass is 14.9. The smallest absolute Gasteiger partial charge is 0.0722 e. The number of aromatic nitrogens is 1. The van der Waals surface area contributed by atoms with E-state index in [4.69, 9.17) is 0 Å². The number of para-hydroxylation sites is 1. The zero-order valence-corrected chi connectivity index (χ0v) is 9.30. The van der Waals surface area contributed by atoms with Crippen molar-refractivity contribution in [3.8, 4) is 0 Å². The third-order valence-electron chi connectivity index (χ3n) is 2.70. The number of benzene rings is 2. The highest BCUT2D eigenvalue weighted by Gasteiger charge is 2.00. The van der Waals surface area contributed by atoms with Crippen molar-refractivity contribution < 1.29 is 0 Å². The van der Waals surface area contributed by atoms with Crippen molar-refractivity contribution in [2.24, 2.45) is 0 Å². The summed E-state index contributed by atoms with van der Waals surface area (Å²) in [6.07, 6.45) is 1.81. The fourth-order valence-electron chi connectivity index (χ4n) is 1.89. The molecule has 0 amide bonds. The van der Waals surface area contributed by atoms with E-state index in [-0.39, 0.29) is 0 Å². The van der Waals surface area contributed by atoms with Crippen LogP contribution in [-0.4, -0.2) is 4.98 Å². The normalized spacial score (nSPS) is 10.4. The molecule has 0 aliphatic heterocycles. The molecule has 0 saturated carbocycles. The molecule has 0 saturated heterocycles. The van der Waals surface area contributed by atoms with Crippen molar-refractivity contribution in [3.05, 3.63) is 66.9 Å². The van der Waals surface area contributed by atoms with Crippen molar-refractivity contribution in [3.63, 3.8) is 0 Å². The van der Waals surface area contributed by atoms with Crippen LogP contribution in [0.3, 0.4) is 0 Å². The lowest BCUT2D eigenvalue weighted by Crippen LogP contribution is -1.91. The number of fused-ring (bicyclic) bond motifs is 1. The molecule has 1 aromatic heterocycles. The highest BCUT2D eigenvalue weighted by molar-refractivity contribution is 5.92. The van der Waals surface area contributed by atoms with Gasteiger partial charge in [0.2, 0.25) is 0 Å². The Morgan fingerprint density at radius 1 is 0.765 bits per heavy atom. The largest absolute Gasteiger partial charge is 0.355 e. The molecule has 82 valence electrons. The van der Waals surface area contributed by atoms with Crippen LogP contribution < -0.4 is 5.32 Å². The second-order valence-corrected chi connectivity index (χ2v) is 3.87. The summed E-state index contributed by atoms with van der Waals surface area (Å²) in [5.41, 5.74) is 3.18. The molecule has 2 heteroatoms. The molecule has 2 nitrogen and oxygen atoms in total. The first-order chi connectivity index (χ1) is 8.43. The van der Waals surface area contributed by atoms with E-state index in [1.54, 1.807) is 0 Å². The van der Waals surface area contributed by atoms with Crippen LogP contribution in [0.15, 0.2) is 66.9 Å². The van der Waals surface area contributed by atoms with E-state index in [1.807, 2.05) is 42.6 Å². The Balaban J connectivity index is 2.06. The first-order valence-corrected chi connectivity index (χ1v) is 5.59. The Kier molecular flexibility index (Phi) is 2.47. The first kappa shape index (κ1) is 9.85. The molecule has 0 fully saturated rings. The third kappa shape index (κ3) is 1.97. The maximum Gasteiger partial charge on any atom is 0.0722 e. The average Bonchev–Trinajstić information content (AvgIpc) is 2.40. The Bertz CT molecular complexity index is 627. The van der Waals surface area contributed by atoms with Gasteiger partial charge in [0.25, 0.3) is 0 Å². The van der Waals surface area contributed by atoms with Crippen LogP contribution in [0.2, 0.25) is 0 Å². The molecule has 2 aromatic carbocycles. The molecule has 3 rings (SSSR count). The number of anilines is 2. The van der Waals surface area contributed by atoms with Crippen molar-refractivity contribution in [2.45, 2.75) is 0 Å². The van der Waals surface area contributed by atoms with Crippen LogP contribution in [0.1, 0.15) is 0 Å². The summed E-state index contributed by atoms with van der Waals surface area (Å²) >= 11 is 0. The van der Waals surface area contributed by atoms with Gasteiger partial charge in [-0.1, -0.05) is 24.3 Å². The molecule has 0 atom stereocenters. The van der Waals surface area contributed by atoms with E-state index in [0.29, 0.717) is 0 Å². The second-order valence-electron chi connectivity index (χ2n) is 3.87. The van der Waals surface area contributed by atoms with E-state index in [1.165, 1.54) is 0 Å². The van der Waals surface area contributed by atoms with Gasteiger partial charge in [-0.2, -0.15) is 0 Å². The molecule has 0 aliphatic carbocycles. The van der Waals surface area contributed by atoms with Gasteiger partial charge < -0.3 is 5.32 Å². The Labute approximate surface area is 99.9 Å². The molecule has 0 unspecified atom stereocenters. The van der Waals surface area contributed by atoms with E-state index >= 15 is 0 Å². The molecular weight excluding hydrogens is 208 g/mol. The van der Waals surface area contributed by atoms with E-state index in [0.717, 1.165) is 22.3 Å². The van der Waals surface area contributed by atoms with E-state index in [9.17, 15) is 0 Å². The van der Waals surface area contributed by atoms with Gasteiger partial charge in [-0.15, -0.1) is 0 Å². The lowest BCUT2D eigenvalue weighted by atomic mass is 10.1. The maximum atomic E-state index is 4.34. The van der Waals surface area contributed by atoms with Gasteiger partial charge in [-0.05, 0) is 36.4 Å². The number of rotatable bonds is 2. The Morgan fingerprint density at radius 2 is 1.65 bits per heavy atom. The molecule has 0 radical (unpaired) electrons. The van der Waals surface area contributed by atoms with Gasteiger partial charge in [0.1, 0.15) is 0 Å². The predicted octanol–water partition coefficient (Wildman–Crippen LogP) is 3.98. The minimum absolute atomic E-state index is 1.01. The minimum atomic E-state index is 1.01. The summed E-state index contributed by atoms with van der Waals surface area (Å²) in [4.78, 5) is 4.34. The number of nitrogens with zero attached hydrogens (tertiary/aromatic N) is 1. The van der Waals surface area contributed by atoms with Crippen LogP contribution in [0.25, 0.3) is 10.9 Å². The summed E-state index contributed by atoms with van der Waals surface area (Å²) in [6.45, 7) is 0. The molecule has 1 heterocycles. The topological polar surface area (TPSA) is 24.9 Å². The van der Waals surface area contributed by atoms with E-state index < -0.39 is 0 Å². The number of hydrogen-bond donors (Lipinski definition) is 1. The highest BCUT2D eigenvalue weighted by Crippen LogP contribution is 2.24. The number of pyridine rings is 1. The van der Waals surface area contributed by atoms with Crippen LogP contribution >= 0.6 is 0 Å². The molecule has 0 spiro atoms. The Morgan fingerprint density at radius 3 is 2.53 bits per heavy atom. The molecule has 17 heavy (non-hydrogen) atoms.